The third-order valence-electron chi connectivity index (χ3n) is 3.12. The summed E-state index contributed by atoms with van der Waals surface area (Å²) in [5, 5.41) is 3.36. The maximum Gasteiger partial charge on any atom is 0.0443 e. The summed E-state index contributed by atoms with van der Waals surface area (Å²) in [6.45, 7) is 4.85. The van der Waals surface area contributed by atoms with Gasteiger partial charge in [0.1, 0.15) is 0 Å². The van der Waals surface area contributed by atoms with Crippen LogP contribution < -0.4 is 10.2 Å². The Labute approximate surface area is 115 Å². The Bertz CT molecular complexity index is 496. The van der Waals surface area contributed by atoms with Crippen LogP contribution in [0.25, 0.3) is 0 Å². The third-order valence-corrected chi connectivity index (χ3v) is 3.12. The third kappa shape index (κ3) is 3.80. The van der Waals surface area contributed by atoms with Crippen LogP contribution in [0.2, 0.25) is 0 Å². The zero-order valence-electron chi connectivity index (χ0n) is 11.6. The van der Waals surface area contributed by atoms with Crippen LogP contribution in [0, 0.1) is 0 Å². The fourth-order valence-electron chi connectivity index (χ4n) is 2.13. The maximum atomic E-state index is 4.22. The second-order valence-corrected chi connectivity index (χ2v) is 4.63. The maximum absolute atomic E-state index is 4.22. The van der Waals surface area contributed by atoms with E-state index in [9.17, 15) is 0 Å². The van der Waals surface area contributed by atoms with Crippen LogP contribution in [0.5, 0.6) is 0 Å². The second kappa shape index (κ2) is 6.90. The van der Waals surface area contributed by atoms with Crippen molar-refractivity contribution in [1.29, 1.82) is 0 Å². The molecule has 0 saturated heterocycles. The Hall–Kier alpha value is -1.87. The summed E-state index contributed by atoms with van der Waals surface area (Å²) in [6.07, 6.45) is 3.80. The van der Waals surface area contributed by atoms with Crippen molar-refractivity contribution in [2.45, 2.75) is 20.0 Å². The zero-order valence-corrected chi connectivity index (χ0v) is 11.6. The van der Waals surface area contributed by atoms with Crippen LogP contribution in [-0.2, 0) is 13.1 Å². The van der Waals surface area contributed by atoms with Gasteiger partial charge in [-0.25, -0.2) is 0 Å². The van der Waals surface area contributed by atoms with E-state index in [2.05, 4.69) is 59.5 Å². The van der Waals surface area contributed by atoms with E-state index >= 15 is 0 Å². The molecule has 0 aliphatic rings. The van der Waals surface area contributed by atoms with Gasteiger partial charge in [0.05, 0.1) is 0 Å². The largest absolute Gasteiger partial charge is 0.370 e. The number of aromatic nitrogens is 1. The van der Waals surface area contributed by atoms with Gasteiger partial charge in [0.25, 0.3) is 0 Å². The molecule has 0 atom stereocenters. The Morgan fingerprint density at radius 3 is 2.68 bits per heavy atom. The van der Waals surface area contributed by atoms with Crippen molar-refractivity contribution in [2.75, 3.05) is 18.5 Å². The van der Waals surface area contributed by atoms with Gasteiger partial charge in [-0.15, -0.1) is 0 Å². The molecule has 0 fully saturated rings. The molecule has 2 aromatic rings. The molecule has 3 heteroatoms. The lowest BCUT2D eigenvalue weighted by Crippen LogP contribution is -2.20. The van der Waals surface area contributed by atoms with Gasteiger partial charge in [-0.05, 0) is 18.2 Å². The summed E-state index contributed by atoms with van der Waals surface area (Å²) >= 11 is 0. The van der Waals surface area contributed by atoms with Crippen molar-refractivity contribution in [1.82, 2.24) is 10.3 Å². The molecule has 3 nitrogen and oxygen atoms in total. The monoisotopic (exact) mass is 255 g/mol. The lowest BCUT2D eigenvalue weighted by molar-refractivity contribution is 0.720. The molecule has 1 aromatic heterocycles. The molecule has 0 amide bonds. The van der Waals surface area contributed by atoms with Gasteiger partial charge in [-0.3, -0.25) is 4.98 Å². The van der Waals surface area contributed by atoms with E-state index in [0.717, 1.165) is 19.6 Å². The number of hydrogen-bond acceptors (Lipinski definition) is 3. The summed E-state index contributed by atoms with van der Waals surface area (Å²) in [5.41, 5.74) is 3.79. The molecule has 1 N–H and O–H groups in total. The lowest BCUT2D eigenvalue weighted by Gasteiger charge is -2.22. The Morgan fingerprint density at radius 2 is 1.95 bits per heavy atom. The fraction of sp³-hybridized carbons (Fsp3) is 0.312. The highest BCUT2D eigenvalue weighted by molar-refractivity contribution is 5.52. The number of pyridine rings is 1. The minimum absolute atomic E-state index is 0.860. The van der Waals surface area contributed by atoms with E-state index in [1.54, 1.807) is 0 Å². The number of benzene rings is 1. The van der Waals surface area contributed by atoms with E-state index < -0.39 is 0 Å². The van der Waals surface area contributed by atoms with Crippen LogP contribution in [0.4, 0.5) is 5.69 Å². The molecule has 0 radical (unpaired) electrons. The molecule has 0 aliphatic heterocycles. The van der Waals surface area contributed by atoms with Gasteiger partial charge in [0.2, 0.25) is 0 Å². The number of rotatable bonds is 6. The highest BCUT2D eigenvalue weighted by Crippen LogP contribution is 2.19. The molecule has 1 aromatic carbocycles. The van der Waals surface area contributed by atoms with E-state index in [0.29, 0.717) is 0 Å². The van der Waals surface area contributed by atoms with Crippen molar-refractivity contribution < 1.29 is 0 Å². The van der Waals surface area contributed by atoms with E-state index in [4.69, 9.17) is 0 Å². The van der Waals surface area contributed by atoms with Crippen molar-refractivity contribution >= 4 is 5.69 Å². The van der Waals surface area contributed by atoms with Crippen LogP contribution >= 0.6 is 0 Å². The predicted octanol–water partition coefficient (Wildman–Crippen LogP) is 2.83. The van der Waals surface area contributed by atoms with E-state index in [1.165, 1.54) is 16.8 Å². The van der Waals surface area contributed by atoms with Gasteiger partial charge in [-0.1, -0.05) is 37.3 Å². The number of nitrogens with one attached hydrogen (secondary N) is 1. The highest BCUT2D eigenvalue weighted by Gasteiger charge is 2.07. The second-order valence-electron chi connectivity index (χ2n) is 4.63. The standard InChI is InChI=1S/C16H21N3/c1-3-17-11-15-12-18-10-9-16(15)19(2)13-14-7-5-4-6-8-14/h4-10,12,17H,3,11,13H2,1-2H3. The minimum Gasteiger partial charge on any atom is -0.370 e. The first-order chi connectivity index (χ1) is 9.31. The summed E-state index contributed by atoms with van der Waals surface area (Å²) < 4.78 is 0. The number of nitrogens with zero attached hydrogens (tertiary/aromatic N) is 2. The molecule has 0 spiro atoms. The quantitative estimate of drug-likeness (QED) is 0.860. The fourth-order valence-corrected chi connectivity index (χ4v) is 2.13. The van der Waals surface area contributed by atoms with Crippen LogP contribution in [0.3, 0.4) is 0 Å². The molecule has 0 saturated carbocycles. The minimum atomic E-state index is 0.860. The molecule has 0 unspecified atom stereocenters. The van der Waals surface area contributed by atoms with E-state index in [1.807, 2.05) is 18.5 Å². The first kappa shape index (κ1) is 13.6. The molecular formula is C16H21N3. The van der Waals surface area contributed by atoms with Crippen LogP contribution in [0.1, 0.15) is 18.1 Å². The average molecular weight is 255 g/mol. The smallest absolute Gasteiger partial charge is 0.0443 e. The first-order valence-corrected chi connectivity index (χ1v) is 6.70. The SMILES string of the molecule is CCNCc1cnccc1N(C)Cc1ccccc1. The summed E-state index contributed by atoms with van der Waals surface area (Å²) in [7, 11) is 2.12. The summed E-state index contributed by atoms with van der Waals surface area (Å²) in [6, 6.07) is 12.6. The Balaban J connectivity index is 2.12. The van der Waals surface area contributed by atoms with Crippen LogP contribution in [0.15, 0.2) is 48.8 Å². The number of anilines is 1. The van der Waals surface area contributed by atoms with Gasteiger partial charge in [-0.2, -0.15) is 0 Å². The summed E-state index contributed by atoms with van der Waals surface area (Å²) in [4.78, 5) is 6.49. The average Bonchev–Trinajstić information content (AvgIpc) is 2.46. The van der Waals surface area contributed by atoms with Crippen molar-refractivity contribution in [2.24, 2.45) is 0 Å². The Kier molecular flexibility index (Phi) is 4.93. The molecule has 100 valence electrons. The first-order valence-electron chi connectivity index (χ1n) is 6.70. The lowest BCUT2D eigenvalue weighted by atomic mass is 10.1. The molecule has 0 aliphatic carbocycles. The molecule has 1 heterocycles. The molecule has 2 rings (SSSR count). The normalized spacial score (nSPS) is 10.4. The highest BCUT2D eigenvalue weighted by atomic mass is 15.1. The summed E-state index contributed by atoms with van der Waals surface area (Å²) in [5.74, 6) is 0. The van der Waals surface area contributed by atoms with Crippen LogP contribution in [-0.4, -0.2) is 18.6 Å². The Morgan fingerprint density at radius 1 is 1.16 bits per heavy atom. The van der Waals surface area contributed by atoms with Gasteiger partial charge in [0, 0.05) is 43.8 Å². The van der Waals surface area contributed by atoms with Crippen molar-refractivity contribution in [3.05, 3.63) is 59.9 Å². The molecule has 0 bridgehead atoms. The van der Waals surface area contributed by atoms with Gasteiger partial charge >= 0.3 is 0 Å². The number of hydrogen-bond donors (Lipinski definition) is 1. The van der Waals surface area contributed by atoms with E-state index in [-0.39, 0.29) is 0 Å². The topological polar surface area (TPSA) is 28.2 Å². The van der Waals surface area contributed by atoms with Crippen molar-refractivity contribution in [3.63, 3.8) is 0 Å². The molecule has 19 heavy (non-hydrogen) atoms. The van der Waals surface area contributed by atoms with Gasteiger partial charge < -0.3 is 10.2 Å². The zero-order chi connectivity index (χ0) is 13.5. The van der Waals surface area contributed by atoms with Crippen molar-refractivity contribution in [3.8, 4) is 0 Å². The van der Waals surface area contributed by atoms with Gasteiger partial charge in [0.15, 0.2) is 0 Å². The molecular weight excluding hydrogens is 234 g/mol. The predicted molar refractivity (Wildman–Crippen MR) is 80.2 cm³/mol.